The summed E-state index contributed by atoms with van der Waals surface area (Å²) >= 11 is 0. The standard InChI is InChI=1S/C11H17NO3S/c1-16(13,14)7-3-6-15-11-5-2-4-10(8-11)9-12/h2,4-5,8H,3,6-7,9,12H2,1H3. The predicted octanol–water partition coefficient (Wildman–Crippen LogP) is 0.959. The van der Waals surface area contributed by atoms with Crippen molar-refractivity contribution in [2.24, 2.45) is 5.73 Å². The fraction of sp³-hybridized carbons (Fsp3) is 0.455. The molecular formula is C11H17NO3S. The molecule has 5 heteroatoms. The van der Waals surface area contributed by atoms with E-state index in [1.165, 1.54) is 6.26 Å². The van der Waals surface area contributed by atoms with Crippen LogP contribution in [0, 0.1) is 0 Å². The summed E-state index contributed by atoms with van der Waals surface area (Å²) in [4.78, 5) is 0. The Balaban J connectivity index is 2.37. The van der Waals surface area contributed by atoms with Crippen LogP contribution in [0.5, 0.6) is 5.75 Å². The van der Waals surface area contributed by atoms with Gasteiger partial charge in [-0.2, -0.15) is 0 Å². The molecule has 2 N–H and O–H groups in total. The molecule has 0 aromatic heterocycles. The monoisotopic (exact) mass is 243 g/mol. The molecule has 0 bridgehead atoms. The maximum atomic E-state index is 10.9. The molecule has 1 aromatic rings. The largest absolute Gasteiger partial charge is 0.494 e. The van der Waals surface area contributed by atoms with Crippen LogP contribution in [0.4, 0.5) is 0 Å². The summed E-state index contributed by atoms with van der Waals surface area (Å²) in [5.74, 6) is 0.889. The second kappa shape index (κ2) is 5.86. The van der Waals surface area contributed by atoms with Crippen molar-refractivity contribution in [3.05, 3.63) is 29.8 Å². The predicted molar refractivity (Wildman–Crippen MR) is 64.2 cm³/mol. The number of sulfone groups is 1. The first-order valence-electron chi connectivity index (χ1n) is 5.11. The molecule has 0 aliphatic heterocycles. The zero-order valence-corrected chi connectivity index (χ0v) is 10.2. The fourth-order valence-electron chi connectivity index (χ4n) is 1.27. The highest BCUT2D eigenvalue weighted by Crippen LogP contribution is 2.13. The number of hydrogen-bond donors (Lipinski definition) is 1. The van der Waals surface area contributed by atoms with Crippen LogP contribution in [0.1, 0.15) is 12.0 Å². The topological polar surface area (TPSA) is 69.4 Å². The Labute approximate surface area is 96.3 Å². The van der Waals surface area contributed by atoms with E-state index in [0.29, 0.717) is 19.6 Å². The van der Waals surface area contributed by atoms with Crippen molar-refractivity contribution in [2.45, 2.75) is 13.0 Å². The number of benzene rings is 1. The minimum absolute atomic E-state index is 0.156. The molecule has 0 atom stereocenters. The molecule has 0 heterocycles. The van der Waals surface area contributed by atoms with Crippen molar-refractivity contribution < 1.29 is 13.2 Å². The Morgan fingerprint density at radius 1 is 1.38 bits per heavy atom. The summed E-state index contributed by atoms with van der Waals surface area (Å²) in [5, 5.41) is 0. The third kappa shape index (κ3) is 5.14. The SMILES string of the molecule is CS(=O)(=O)CCCOc1cccc(CN)c1. The van der Waals surface area contributed by atoms with Crippen LogP contribution in [-0.2, 0) is 16.4 Å². The lowest BCUT2D eigenvalue weighted by atomic mass is 10.2. The lowest BCUT2D eigenvalue weighted by molar-refractivity contribution is 0.317. The molecule has 16 heavy (non-hydrogen) atoms. The van der Waals surface area contributed by atoms with Gasteiger partial charge in [0.25, 0.3) is 0 Å². The van der Waals surface area contributed by atoms with Crippen molar-refractivity contribution in [2.75, 3.05) is 18.6 Å². The average Bonchev–Trinajstić information content (AvgIpc) is 2.23. The number of hydrogen-bond acceptors (Lipinski definition) is 4. The van der Waals surface area contributed by atoms with Crippen molar-refractivity contribution in [1.82, 2.24) is 0 Å². The van der Waals surface area contributed by atoms with E-state index in [1.807, 2.05) is 24.3 Å². The van der Waals surface area contributed by atoms with Crippen molar-refractivity contribution in [1.29, 1.82) is 0 Å². The normalized spacial score (nSPS) is 11.4. The van der Waals surface area contributed by atoms with Gasteiger partial charge in [0.1, 0.15) is 15.6 Å². The van der Waals surface area contributed by atoms with Crippen LogP contribution in [0.15, 0.2) is 24.3 Å². The molecule has 90 valence electrons. The third-order valence-electron chi connectivity index (χ3n) is 2.06. The molecule has 0 radical (unpaired) electrons. The molecule has 1 aromatic carbocycles. The van der Waals surface area contributed by atoms with Gasteiger partial charge in [0.05, 0.1) is 12.4 Å². The van der Waals surface area contributed by atoms with Crippen molar-refractivity contribution in [3.63, 3.8) is 0 Å². The average molecular weight is 243 g/mol. The Kier molecular flexibility index (Phi) is 4.76. The molecule has 0 fully saturated rings. The summed E-state index contributed by atoms with van der Waals surface area (Å²) in [6.07, 6.45) is 1.73. The molecular weight excluding hydrogens is 226 g/mol. The van der Waals surface area contributed by atoms with Gasteiger partial charge >= 0.3 is 0 Å². The molecule has 0 aliphatic carbocycles. The first-order valence-corrected chi connectivity index (χ1v) is 7.17. The molecule has 0 amide bonds. The van der Waals surface area contributed by atoms with Gasteiger partial charge in [-0.1, -0.05) is 12.1 Å². The summed E-state index contributed by atoms with van der Waals surface area (Å²) < 4.78 is 27.2. The first-order chi connectivity index (χ1) is 7.51. The highest BCUT2D eigenvalue weighted by atomic mass is 32.2. The van der Waals surface area contributed by atoms with Gasteiger partial charge in [-0.25, -0.2) is 8.42 Å². The smallest absolute Gasteiger partial charge is 0.147 e. The summed E-state index contributed by atoms with van der Waals surface area (Å²) in [5.41, 5.74) is 6.50. The van der Waals surface area contributed by atoms with Gasteiger partial charge in [-0.15, -0.1) is 0 Å². The summed E-state index contributed by atoms with van der Waals surface area (Å²) in [6.45, 7) is 0.877. The van der Waals surface area contributed by atoms with Crippen molar-refractivity contribution in [3.8, 4) is 5.75 Å². The van der Waals surface area contributed by atoms with Gasteiger partial charge in [0.15, 0.2) is 0 Å². The van der Waals surface area contributed by atoms with E-state index in [-0.39, 0.29) is 5.75 Å². The van der Waals surface area contributed by atoms with E-state index in [0.717, 1.165) is 11.3 Å². The van der Waals surface area contributed by atoms with Crippen LogP contribution in [0.2, 0.25) is 0 Å². The van der Waals surface area contributed by atoms with Gasteiger partial charge in [-0.3, -0.25) is 0 Å². The minimum atomic E-state index is -2.89. The molecule has 0 unspecified atom stereocenters. The molecule has 0 aliphatic rings. The molecule has 0 saturated heterocycles. The Morgan fingerprint density at radius 3 is 2.75 bits per heavy atom. The Bertz CT molecular complexity index is 429. The van der Waals surface area contributed by atoms with Crippen LogP contribution < -0.4 is 10.5 Å². The van der Waals surface area contributed by atoms with Crippen molar-refractivity contribution >= 4 is 9.84 Å². The summed E-state index contributed by atoms with van der Waals surface area (Å²) in [6, 6.07) is 7.48. The van der Waals surface area contributed by atoms with E-state index in [2.05, 4.69) is 0 Å². The zero-order valence-electron chi connectivity index (χ0n) is 9.35. The maximum Gasteiger partial charge on any atom is 0.147 e. The van der Waals surface area contributed by atoms with Gasteiger partial charge in [0.2, 0.25) is 0 Å². The second-order valence-corrected chi connectivity index (χ2v) is 5.94. The van der Waals surface area contributed by atoms with E-state index >= 15 is 0 Å². The van der Waals surface area contributed by atoms with E-state index in [9.17, 15) is 8.42 Å². The lowest BCUT2D eigenvalue weighted by Crippen LogP contribution is -2.08. The van der Waals surface area contributed by atoms with Crippen LogP contribution in [0.25, 0.3) is 0 Å². The Hall–Kier alpha value is -1.07. The van der Waals surface area contributed by atoms with Gasteiger partial charge in [-0.05, 0) is 24.1 Å². The van der Waals surface area contributed by atoms with Crippen LogP contribution >= 0.6 is 0 Å². The van der Waals surface area contributed by atoms with E-state index in [1.54, 1.807) is 0 Å². The van der Waals surface area contributed by atoms with E-state index < -0.39 is 9.84 Å². The minimum Gasteiger partial charge on any atom is -0.494 e. The Morgan fingerprint density at radius 2 is 2.12 bits per heavy atom. The molecule has 1 rings (SSSR count). The zero-order chi connectivity index (χ0) is 12.0. The van der Waals surface area contributed by atoms with Crippen LogP contribution in [0.3, 0.4) is 0 Å². The second-order valence-electron chi connectivity index (χ2n) is 3.68. The number of rotatable bonds is 6. The summed E-state index contributed by atoms with van der Waals surface area (Å²) in [7, 11) is -2.89. The molecule has 4 nitrogen and oxygen atoms in total. The lowest BCUT2D eigenvalue weighted by Gasteiger charge is -2.06. The molecule has 0 spiro atoms. The van der Waals surface area contributed by atoms with Gasteiger partial charge in [0, 0.05) is 12.8 Å². The number of ether oxygens (including phenoxy) is 1. The van der Waals surface area contributed by atoms with Crippen LogP contribution in [-0.4, -0.2) is 27.0 Å². The quantitative estimate of drug-likeness (QED) is 0.755. The molecule has 0 saturated carbocycles. The maximum absolute atomic E-state index is 10.9. The van der Waals surface area contributed by atoms with E-state index in [4.69, 9.17) is 10.5 Å². The first kappa shape index (κ1) is 13.0. The fourth-order valence-corrected chi connectivity index (χ4v) is 1.92. The third-order valence-corrected chi connectivity index (χ3v) is 3.09. The highest BCUT2D eigenvalue weighted by Gasteiger charge is 2.02. The highest BCUT2D eigenvalue weighted by molar-refractivity contribution is 7.90. The number of nitrogens with two attached hydrogens (primary N) is 1. The van der Waals surface area contributed by atoms with Gasteiger partial charge < -0.3 is 10.5 Å².